The molecule has 0 aliphatic carbocycles. The molecule has 1 rings (SSSR count). The number of carbonyl (C=O) groups excluding carboxylic acids is 1. The molecule has 0 saturated heterocycles. The Bertz CT molecular complexity index is 530. The van der Waals surface area contributed by atoms with Gasteiger partial charge in [0.05, 0.1) is 18.2 Å². The lowest BCUT2D eigenvalue weighted by atomic mass is 10.2. The van der Waals surface area contributed by atoms with Crippen molar-refractivity contribution >= 4 is 11.7 Å². The van der Waals surface area contributed by atoms with E-state index in [1.165, 1.54) is 0 Å². The standard InChI is InChI=1S/C8H5F3N2O6/c1-18-7(15)4-6(14)5(13(16)17)3(2-12-4)19-8(9,10)11/h2,14H,1H3. The highest BCUT2D eigenvalue weighted by Gasteiger charge is 2.37. The number of halogens is 3. The molecule has 0 unspecified atom stereocenters. The van der Waals surface area contributed by atoms with E-state index in [1.54, 1.807) is 0 Å². The van der Waals surface area contributed by atoms with Gasteiger partial charge >= 0.3 is 18.0 Å². The van der Waals surface area contributed by atoms with Crippen molar-refractivity contribution in [2.75, 3.05) is 7.11 Å². The van der Waals surface area contributed by atoms with Gasteiger partial charge in [-0.15, -0.1) is 13.2 Å². The van der Waals surface area contributed by atoms with Crippen LogP contribution in [0.15, 0.2) is 6.20 Å². The molecule has 0 aliphatic heterocycles. The first-order valence-corrected chi connectivity index (χ1v) is 4.37. The number of carbonyl (C=O) groups is 1. The van der Waals surface area contributed by atoms with Crippen LogP contribution in [0.2, 0.25) is 0 Å². The molecule has 0 saturated carbocycles. The van der Waals surface area contributed by atoms with Crippen molar-refractivity contribution in [1.29, 1.82) is 0 Å². The first-order chi connectivity index (χ1) is 8.67. The normalized spacial score (nSPS) is 10.9. The maximum Gasteiger partial charge on any atom is 0.573 e. The van der Waals surface area contributed by atoms with Gasteiger partial charge in [-0.2, -0.15) is 0 Å². The number of esters is 1. The van der Waals surface area contributed by atoms with Gasteiger partial charge in [0.2, 0.25) is 11.5 Å². The molecule has 104 valence electrons. The summed E-state index contributed by atoms with van der Waals surface area (Å²) in [5.74, 6) is -3.97. The third-order valence-corrected chi connectivity index (χ3v) is 1.78. The van der Waals surface area contributed by atoms with Crippen LogP contribution in [0, 0.1) is 10.1 Å². The Morgan fingerprint density at radius 2 is 2.11 bits per heavy atom. The molecule has 0 atom stereocenters. The van der Waals surface area contributed by atoms with Gasteiger partial charge in [0.1, 0.15) is 0 Å². The summed E-state index contributed by atoms with van der Waals surface area (Å²) in [7, 11) is 0.898. The van der Waals surface area contributed by atoms with Crippen LogP contribution in [0.3, 0.4) is 0 Å². The van der Waals surface area contributed by atoms with E-state index in [9.17, 15) is 33.2 Å². The summed E-state index contributed by atoms with van der Waals surface area (Å²) in [6, 6.07) is 0. The summed E-state index contributed by atoms with van der Waals surface area (Å²) in [4.78, 5) is 23.5. The maximum atomic E-state index is 12.0. The van der Waals surface area contributed by atoms with Crippen molar-refractivity contribution in [3.63, 3.8) is 0 Å². The van der Waals surface area contributed by atoms with Crippen molar-refractivity contribution < 1.29 is 37.5 Å². The number of aromatic nitrogens is 1. The average Bonchev–Trinajstić information content (AvgIpc) is 2.25. The fraction of sp³-hybridized carbons (Fsp3) is 0.250. The Hall–Kier alpha value is -2.59. The second kappa shape index (κ2) is 4.96. The van der Waals surface area contributed by atoms with Crippen LogP contribution in [0.1, 0.15) is 10.5 Å². The van der Waals surface area contributed by atoms with E-state index in [2.05, 4.69) is 14.5 Å². The molecular weight excluding hydrogens is 277 g/mol. The predicted molar refractivity (Wildman–Crippen MR) is 50.6 cm³/mol. The minimum Gasteiger partial charge on any atom is -0.500 e. The van der Waals surface area contributed by atoms with Gasteiger partial charge in [0, 0.05) is 0 Å². The minimum atomic E-state index is -5.22. The second-order valence-electron chi connectivity index (χ2n) is 2.96. The molecule has 0 fully saturated rings. The molecule has 19 heavy (non-hydrogen) atoms. The van der Waals surface area contributed by atoms with Crippen LogP contribution in [-0.4, -0.2) is 34.5 Å². The quantitative estimate of drug-likeness (QED) is 0.506. The number of hydrogen-bond donors (Lipinski definition) is 1. The predicted octanol–water partition coefficient (Wildman–Crippen LogP) is 1.38. The molecule has 11 heteroatoms. The largest absolute Gasteiger partial charge is 0.573 e. The minimum absolute atomic E-state index is 0.289. The van der Waals surface area contributed by atoms with Gasteiger partial charge in [-0.25, -0.2) is 9.78 Å². The molecule has 0 amide bonds. The van der Waals surface area contributed by atoms with E-state index < -0.39 is 40.1 Å². The molecule has 0 radical (unpaired) electrons. The molecule has 1 heterocycles. The molecule has 0 spiro atoms. The van der Waals surface area contributed by atoms with Crippen LogP contribution >= 0.6 is 0 Å². The topological polar surface area (TPSA) is 112 Å². The van der Waals surface area contributed by atoms with E-state index in [4.69, 9.17) is 0 Å². The number of methoxy groups -OCH3 is 1. The van der Waals surface area contributed by atoms with Gasteiger partial charge in [0.15, 0.2) is 5.69 Å². The van der Waals surface area contributed by atoms with Gasteiger partial charge in [0.25, 0.3) is 0 Å². The summed E-state index contributed by atoms with van der Waals surface area (Å²) in [6.45, 7) is 0. The number of rotatable bonds is 3. The lowest BCUT2D eigenvalue weighted by Crippen LogP contribution is -2.18. The SMILES string of the molecule is COC(=O)c1ncc(OC(F)(F)F)c([N+](=O)[O-])c1O. The van der Waals surface area contributed by atoms with Crippen molar-refractivity contribution in [1.82, 2.24) is 4.98 Å². The fourth-order valence-corrected chi connectivity index (χ4v) is 1.10. The van der Waals surface area contributed by atoms with Crippen molar-refractivity contribution in [2.45, 2.75) is 6.36 Å². The fourth-order valence-electron chi connectivity index (χ4n) is 1.10. The third-order valence-electron chi connectivity index (χ3n) is 1.78. The summed E-state index contributed by atoms with van der Waals surface area (Å²) in [5, 5.41) is 20.0. The number of nitro groups is 1. The van der Waals surface area contributed by atoms with Crippen molar-refractivity contribution in [3.8, 4) is 11.5 Å². The summed E-state index contributed by atoms with van der Waals surface area (Å²) < 4.78 is 43.5. The molecule has 1 N–H and O–H groups in total. The highest BCUT2D eigenvalue weighted by molar-refractivity contribution is 5.92. The molecule has 8 nitrogen and oxygen atoms in total. The van der Waals surface area contributed by atoms with Crippen LogP contribution in [0.25, 0.3) is 0 Å². The maximum absolute atomic E-state index is 12.0. The highest BCUT2D eigenvalue weighted by Crippen LogP contribution is 2.39. The third kappa shape index (κ3) is 3.20. The van der Waals surface area contributed by atoms with E-state index in [0.29, 0.717) is 0 Å². The van der Waals surface area contributed by atoms with Gasteiger partial charge in [-0.05, 0) is 0 Å². The molecule has 1 aromatic heterocycles. The van der Waals surface area contributed by atoms with Crippen LogP contribution in [0.4, 0.5) is 18.9 Å². The molecule has 1 aromatic rings. The molecule has 0 bridgehead atoms. The average molecular weight is 282 g/mol. The summed E-state index contributed by atoms with van der Waals surface area (Å²) in [6.07, 6.45) is -4.93. The van der Waals surface area contributed by atoms with E-state index in [-0.39, 0.29) is 6.20 Å². The smallest absolute Gasteiger partial charge is 0.500 e. The Labute approximate surface area is 102 Å². The zero-order valence-corrected chi connectivity index (χ0v) is 9.09. The number of hydrogen-bond acceptors (Lipinski definition) is 7. The van der Waals surface area contributed by atoms with Gasteiger partial charge in [-0.3, -0.25) is 10.1 Å². The van der Waals surface area contributed by atoms with E-state index in [0.717, 1.165) is 7.11 Å². The molecular formula is C8H5F3N2O6. The number of pyridine rings is 1. The Morgan fingerprint density at radius 1 is 1.53 bits per heavy atom. The van der Waals surface area contributed by atoms with Crippen molar-refractivity contribution in [2.24, 2.45) is 0 Å². The Kier molecular flexibility index (Phi) is 3.77. The number of alkyl halides is 3. The first-order valence-electron chi connectivity index (χ1n) is 4.37. The lowest BCUT2D eigenvalue weighted by Gasteiger charge is -2.10. The zero-order valence-electron chi connectivity index (χ0n) is 9.09. The number of nitrogens with zero attached hydrogens (tertiary/aromatic N) is 2. The number of ether oxygens (including phenoxy) is 2. The zero-order chi connectivity index (χ0) is 14.8. The number of aromatic hydroxyl groups is 1. The molecule has 0 aliphatic rings. The van der Waals surface area contributed by atoms with Gasteiger partial charge in [-0.1, -0.05) is 0 Å². The second-order valence-corrected chi connectivity index (χ2v) is 2.96. The summed E-state index contributed by atoms with van der Waals surface area (Å²) >= 11 is 0. The molecule has 0 aromatic carbocycles. The Balaban J connectivity index is 3.40. The first kappa shape index (κ1) is 14.5. The Morgan fingerprint density at radius 3 is 2.53 bits per heavy atom. The van der Waals surface area contributed by atoms with Crippen LogP contribution in [0.5, 0.6) is 11.5 Å². The monoisotopic (exact) mass is 282 g/mol. The van der Waals surface area contributed by atoms with Crippen LogP contribution < -0.4 is 4.74 Å². The summed E-state index contributed by atoms with van der Waals surface area (Å²) in [5.41, 5.74) is -2.34. The lowest BCUT2D eigenvalue weighted by molar-refractivity contribution is -0.389. The van der Waals surface area contributed by atoms with Crippen molar-refractivity contribution in [3.05, 3.63) is 22.0 Å². The highest BCUT2D eigenvalue weighted by atomic mass is 19.4. The van der Waals surface area contributed by atoms with Gasteiger partial charge < -0.3 is 14.6 Å². The van der Waals surface area contributed by atoms with E-state index in [1.807, 2.05) is 0 Å². The van der Waals surface area contributed by atoms with Crippen LogP contribution in [-0.2, 0) is 4.74 Å². The van der Waals surface area contributed by atoms with E-state index >= 15 is 0 Å².